The fraction of sp³-hybridized carbons (Fsp3) is 0.237. The van der Waals surface area contributed by atoms with Crippen molar-refractivity contribution in [2.45, 2.75) is 52.2 Å². The van der Waals surface area contributed by atoms with E-state index >= 15 is 0 Å². The second-order valence-corrected chi connectivity index (χ2v) is 12.1. The molecule has 0 amide bonds. The number of halogens is 3. The first kappa shape index (κ1) is 34.4. The Bertz CT molecular complexity index is 1630. The molecule has 240 valence electrons. The minimum absolute atomic E-state index is 0.0108. The van der Waals surface area contributed by atoms with Crippen LogP contribution in [0.4, 0.5) is 13.2 Å². The van der Waals surface area contributed by atoms with E-state index in [4.69, 9.17) is 9.84 Å². The second kappa shape index (κ2) is 16.2. The summed E-state index contributed by atoms with van der Waals surface area (Å²) in [5.41, 5.74) is 5.40. The van der Waals surface area contributed by atoms with E-state index in [9.17, 15) is 18.0 Å². The van der Waals surface area contributed by atoms with Crippen molar-refractivity contribution in [2.75, 3.05) is 6.54 Å². The molecule has 0 aliphatic carbocycles. The molecule has 0 aliphatic heterocycles. The Morgan fingerprint density at radius 1 is 0.935 bits per heavy atom. The van der Waals surface area contributed by atoms with Crippen LogP contribution in [0.2, 0.25) is 0 Å². The maximum atomic E-state index is 14.4. The third kappa shape index (κ3) is 10.6. The second-order valence-electron chi connectivity index (χ2n) is 11.2. The van der Waals surface area contributed by atoms with E-state index in [1.54, 1.807) is 24.3 Å². The molecule has 4 nitrogen and oxygen atoms in total. The van der Waals surface area contributed by atoms with Crippen molar-refractivity contribution in [3.8, 4) is 5.75 Å². The van der Waals surface area contributed by atoms with E-state index in [1.165, 1.54) is 35.5 Å². The van der Waals surface area contributed by atoms with Gasteiger partial charge in [-0.3, -0.25) is 4.79 Å². The van der Waals surface area contributed by atoms with Crippen molar-refractivity contribution in [2.24, 2.45) is 0 Å². The van der Waals surface area contributed by atoms with Crippen LogP contribution in [-0.2, 0) is 36.7 Å². The molecule has 0 unspecified atom stereocenters. The van der Waals surface area contributed by atoms with Gasteiger partial charge in [-0.2, -0.15) is 0 Å². The smallest absolute Gasteiger partial charge is 0.303 e. The molecule has 0 aliphatic rings. The molecule has 0 atom stereocenters. The van der Waals surface area contributed by atoms with Gasteiger partial charge in [0, 0.05) is 38.1 Å². The summed E-state index contributed by atoms with van der Waals surface area (Å²) in [6.45, 7) is 8.85. The molecule has 0 saturated heterocycles. The lowest BCUT2D eigenvalue weighted by Crippen LogP contribution is -2.23. The molecule has 8 heteroatoms. The number of carbonyl (C=O) groups is 1. The van der Waals surface area contributed by atoms with Crippen molar-refractivity contribution < 1.29 is 27.8 Å². The fourth-order valence-electron chi connectivity index (χ4n) is 4.72. The van der Waals surface area contributed by atoms with Crippen LogP contribution in [-0.4, -0.2) is 22.5 Å². The summed E-state index contributed by atoms with van der Waals surface area (Å²) in [7, 11) is 0. The molecular formula is C38H38F3NO3S. The van der Waals surface area contributed by atoms with Crippen LogP contribution < -0.4 is 4.74 Å². The lowest BCUT2D eigenvalue weighted by molar-refractivity contribution is -0.136. The van der Waals surface area contributed by atoms with Crippen LogP contribution >= 0.6 is 11.8 Å². The number of alkyl halides is 2. The molecule has 4 aromatic rings. The highest BCUT2D eigenvalue weighted by atomic mass is 32.2. The first-order valence-corrected chi connectivity index (χ1v) is 15.9. The molecule has 4 aromatic carbocycles. The Morgan fingerprint density at radius 2 is 1.61 bits per heavy atom. The van der Waals surface area contributed by atoms with Gasteiger partial charge in [0.2, 0.25) is 0 Å². The van der Waals surface area contributed by atoms with E-state index < -0.39 is 17.7 Å². The zero-order chi connectivity index (χ0) is 33.1. The topological polar surface area (TPSA) is 49.8 Å². The fourth-order valence-corrected chi connectivity index (χ4v) is 5.47. The molecule has 0 saturated carbocycles. The predicted molar refractivity (Wildman–Crippen MR) is 180 cm³/mol. The number of ether oxygens (including phenoxy) is 1. The monoisotopic (exact) mass is 645 g/mol. The van der Waals surface area contributed by atoms with Gasteiger partial charge in [-0.05, 0) is 64.6 Å². The van der Waals surface area contributed by atoms with E-state index in [2.05, 4.69) is 23.6 Å². The van der Waals surface area contributed by atoms with Gasteiger partial charge in [0.15, 0.2) is 0 Å². The summed E-state index contributed by atoms with van der Waals surface area (Å²) >= 11 is 1.51. The summed E-state index contributed by atoms with van der Waals surface area (Å²) in [5, 5.41) is 11.7. The maximum Gasteiger partial charge on any atom is 0.303 e. The number of carboxylic acids is 1. The summed E-state index contributed by atoms with van der Waals surface area (Å²) in [6.07, 6.45) is 0.838. The van der Waals surface area contributed by atoms with Crippen LogP contribution in [0.15, 0.2) is 114 Å². The van der Waals surface area contributed by atoms with Gasteiger partial charge in [0.1, 0.15) is 18.2 Å². The Labute approximate surface area is 273 Å². The number of hydrogen-bond acceptors (Lipinski definition) is 4. The number of aryl methyl sites for hydroxylation is 1. The summed E-state index contributed by atoms with van der Waals surface area (Å²) in [6, 6.07) is 29.1. The van der Waals surface area contributed by atoms with Crippen LogP contribution in [0.5, 0.6) is 5.75 Å². The number of benzene rings is 4. The highest BCUT2D eigenvalue weighted by Gasteiger charge is 2.23. The Balaban J connectivity index is 1.39. The summed E-state index contributed by atoms with van der Waals surface area (Å²) in [5.74, 6) is -3.94. The van der Waals surface area contributed by atoms with Gasteiger partial charge in [-0.25, -0.2) is 13.2 Å². The maximum absolute atomic E-state index is 14.4. The number of allylic oxidation sites excluding steroid dienone is 1. The lowest BCUT2D eigenvalue weighted by Gasteiger charge is -2.26. The van der Waals surface area contributed by atoms with E-state index in [0.717, 1.165) is 47.2 Å². The molecule has 0 spiro atoms. The predicted octanol–water partition coefficient (Wildman–Crippen LogP) is 9.84. The van der Waals surface area contributed by atoms with E-state index in [-0.39, 0.29) is 25.0 Å². The largest absolute Gasteiger partial charge is 0.489 e. The van der Waals surface area contributed by atoms with Crippen molar-refractivity contribution >= 4 is 23.3 Å². The minimum Gasteiger partial charge on any atom is -0.489 e. The van der Waals surface area contributed by atoms with Crippen LogP contribution in [0.1, 0.15) is 53.6 Å². The number of aliphatic carboxylic acids is 1. The number of rotatable bonds is 16. The quantitative estimate of drug-likeness (QED) is 0.131. The van der Waals surface area contributed by atoms with Crippen molar-refractivity contribution in [3.05, 3.63) is 153 Å². The molecule has 0 heterocycles. The number of thioether (sulfide) groups is 1. The minimum atomic E-state index is -2.87. The Hall–Kier alpha value is -4.43. The van der Waals surface area contributed by atoms with Gasteiger partial charge in [-0.1, -0.05) is 103 Å². The highest BCUT2D eigenvalue weighted by Crippen LogP contribution is 2.30. The highest BCUT2D eigenvalue weighted by molar-refractivity contribution is 8.05. The Kier molecular flexibility index (Phi) is 12.1. The molecule has 0 aromatic heterocycles. The third-order valence-corrected chi connectivity index (χ3v) is 8.52. The van der Waals surface area contributed by atoms with Crippen molar-refractivity contribution in [1.82, 2.24) is 4.90 Å². The SMILES string of the molecule is C=C(S/C=C(\C)c1ccc(C(C)(F)F)cc1)N(CCc1ccccc1)Cc1ccc(COc2ccc(CCC(=O)O)c(F)c2)cc1. The number of nitrogens with zero attached hydrogens (tertiary/aromatic N) is 1. The van der Waals surface area contributed by atoms with Crippen molar-refractivity contribution in [3.63, 3.8) is 0 Å². The van der Waals surface area contributed by atoms with Gasteiger partial charge in [-0.15, -0.1) is 0 Å². The molecular weight excluding hydrogens is 607 g/mol. The van der Waals surface area contributed by atoms with Gasteiger partial charge >= 0.3 is 5.97 Å². The first-order chi connectivity index (χ1) is 22.0. The molecule has 46 heavy (non-hydrogen) atoms. The number of hydrogen-bond donors (Lipinski definition) is 1. The summed E-state index contributed by atoms with van der Waals surface area (Å²) < 4.78 is 47.4. The zero-order valence-corrected chi connectivity index (χ0v) is 26.8. The third-order valence-electron chi connectivity index (χ3n) is 7.52. The van der Waals surface area contributed by atoms with Crippen LogP contribution in [0, 0.1) is 5.82 Å². The van der Waals surface area contributed by atoms with Gasteiger partial charge < -0.3 is 14.7 Å². The zero-order valence-electron chi connectivity index (χ0n) is 26.0. The average Bonchev–Trinajstić information content (AvgIpc) is 3.04. The number of carboxylic acid groups (broad SMARTS) is 1. The average molecular weight is 646 g/mol. The first-order valence-electron chi connectivity index (χ1n) is 15.0. The van der Waals surface area contributed by atoms with E-state index in [0.29, 0.717) is 17.9 Å². The van der Waals surface area contributed by atoms with Gasteiger partial charge in [0.05, 0.1) is 5.03 Å². The van der Waals surface area contributed by atoms with Crippen molar-refractivity contribution in [1.29, 1.82) is 0 Å². The van der Waals surface area contributed by atoms with Crippen LogP contribution in [0.3, 0.4) is 0 Å². The molecule has 0 radical (unpaired) electrons. The summed E-state index contributed by atoms with van der Waals surface area (Å²) in [4.78, 5) is 13.0. The standard InChI is InChI=1S/C38H38F3NO3S/c1-27(32-13-17-34(18-14-32)38(3,40)41)26-46-28(2)42(22-21-29-7-5-4-6-8-29)24-30-9-11-31(12-10-30)25-45-35-19-15-33(36(39)23-35)16-20-37(43)44/h4-15,17-19,23,26H,2,16,20-22,24-25H2,1,3H3,(H,43,44)/b27-26+. The lowest BCUT2D eigenvalue weighted by atomic mass is 10.0. The Morgan fingerprint density at radius 3 is 2.24 bits per heavy atom. The molecule has 0 bridgehead atoms. The van der Waals surface area contributed by atoms with Crippen LogP contribution in [0.25, 0.3) is 5.57 Å². The van der Waals surface area contributed by atoms with Gasteiger partial charge in [0.25, 0.3) is 5.92 Å². The molecule has 1 N–H and O–H groups in total. The normalized spacial score (nSPS) is 11.7. The molecule has 0 fully saturated rings. The molecule has 4 rings (SSSR count). The van der Waals surface area contributed by atoms with E-state index in [1.807, 2.05) is 54.8 Å².